The van der Waals surface area contributed by atoms with Crippen LogP contribution in [0.3, 0.4) is 0 Å². The highest BCUT2D eigenvalue weighted by Gasteiger charge is 2.20. The van der Waals surface area contributed by atoms with Crippen LogP contribution in [-0.4, -0.2) is 51.3 Å². The molecule has 1 fully saturated rings. The van der Waals surface area contributed by atoms with E-state index < -0.39 is 0 Å². The average molecular weight is 353 g/mol. The Bertz CT molecular complexity index is 839. The largest absolute Gasteiger partial charge is 0.352 e. The van der Waals surface area contributed by atoms with Crippen molar-refractivity contribution in [3.63, 3.8) is 0 Å². The number of hydrogen-bond donors (Lipinski definition) is 0. The molecule has 1 aliphatic rings. The van der Waals surface area contributed by atoms with Crippen molar-refractivity contribution in [2.75, 3.05) is 36.0 Å². The lowest BCUT2D eigenvalue weighted by Gasteiger charge is -2.35. The van der Waals surface area contributed by atoms with Gasteiger partial charge in [-0.3, -0.25) is 0 Å². The summed E-state index contributed by atoms with van der Waals surface area (Å²) in [5.74, 6) is 1.70. The maximum Gasteiger partial charge on any atom is 0.225 e. The summed E-state index contributed by atoms with van der Waals surface area (Å²) in [6, 6.07) is 5.92. The van der Waals surface area contributed by atoms with Crippen LogP contribution in [-0.2, 0) is 0 Å². The van der Waals surface area contributed by atoms with Gasteiger partial charge in [-0.1, -0.05) is 0 Å². The van der Waals surface area contributed by atoms with Gasteiger partial charge in [0.2, 0.25) is 5.95 Å². The van der Waals surface area contributed by atoms with Crippen LogP contribution >= 0.6 is 11.3 Å². The van der Waals surface area contributed by atoms with Gasteiger partial charge in [-0.2, -0.15) is 0 Å². The molecule has 25 heavy (non-hydrogen) atoms. The van der Waals surface area contributed by atoms with Gasteiger partial charge >= 0.3 is 0 Å². The first-order chi connectivity index (χ1) is 12.2. The Hall–Kier alpha value is -2.61. The van der Waals surface area contributed by atoms with Gasteiger partial charge < -0.3 is 9.80 Å². The Morgan fingerprint density at radius 1 is 0.920 bits per heavy atom. The second kappa shape index (κ2) is 6.72. The number of piperazine rings is 1. The third kappa shape index (κ3) is 3.30. The number of aryl methyl sites for hydroxylation is 2. The molecule has 3 aromatic heterocycles. The van der Waals surface area contributed by atoms with E-state index in [1.807, 2.05) is 32.0 Å². The molecule has 4 heterocycles. The molecule has 0 unspecified atom stereocenters. The zero-order valence-corrected chi connectivity index (χ0v) is 15.1. The molecule has 0 atom stereocenters. The van der Waals surface area contributed by atoms with Crippen LogP contribution in [0.2, 0.25) is 0 Å². The minimum Gasteiger partial charge on any atom is -0.352 e. The molecule has 0 aliphatic carbocycles. The molecule has 4 rings (SSSR count). The predicted molar refractivity (Wildman–Crippen MR) is 99.1 cm³/mol. The normalized spacial score (nSPS) is 14.8. The SMILES string of the molecule is Cc1nc(C)c(-c2ccc(N3CCN(c4ncccn4)CC3)nn2)s1. The minimum absolute atomic E-state index is 0.791. The van der Waals surface area contributed by atoms with Crippen molar-refractivity contribution in [2.24, 2.45) is 0 Å². The van der Waals surface area contributed by atoms with Crippen LogP contribution in [0.4, 0.5) is 11.8 Å². The van der Waals surface area contributed by atoms with Crippen molar-refractivity contribution >= 4 is 23.1 Å². The third-order valence-corrected chi connectivity index (χ3v) is 5.32. The van der Waals surface area contributed by atoms with Gasteiger partial charge in [0, 0.05) is 38.6 Å². The molecule has 0 amide bonds. The molecule has 0 bridgehead atoms. The fourth-order valence-corrected chi connectivity index (χ4v) is 3.86. The molecular formula is C17H19N7S. The summed E-state index contributed by atoms with van der Waals surface area (Å²) in [5, 5.41) is 9.90. The van der Waals surface area contributed by atoms with E-state index in [2.05, 4.69) is 34.9 Å². The monoisotopic (exact) mass is 353 g/mol. The van der Waals surface area contributed by atoms with E-state index in [1.54, 1.807) is 23.7 Å². The van der Waals surface area contributed by atoms with E-state index in [0.29, 0.717) is 0 Å². The number of anilines is 2. The Morgan fingerprint density at radius 2 is 1.64 bits per heavy atom. The van der Waals surface area contributed by atoms with Gasteiger partial charge in [-0.05, 0) is 32.0 Å². The van der Waals surface area contributed by atoms with Gasteiger partial charge in [0.1, 0.15) is 5.69 Å². The van der Waals surface area contributed by atoms with Crippen LogP contribution < -0.4 is 9.80 Å². The zero-order chi connectivity index (χ0) is 17.2. The molecule has 0 saturated carbocycles. The van der Waals surface area contributed by atoms with E-state index in [0.717, 1.165) is 59.2 Å². The van der Waals surface area contributed by atoms with Crippen molar-refractivity contribution in [1.29, 1.82) is 0 Å². The lowest BCUT2D eigenvalue weighted by atomic mass is 10.2. The highest BCUT2D eigenvalue weighted by Crippen LogP contribution is 2.28. The van der Waals surface area contributed by atoms with Gasteiger partial charge in [0.05, 0.1) is 15.6 Å². The maximum absolute atomic E-state index is 4.46. The van der Waals surface area contributed by atoms with Gasteiger partial charge in [0.15, 0.2) is 5.82 Å². The highest BCUT2D eigenvalue weighted by molar-refractivity contribution is 7.15. The second-order valence-corrected chi connectivity index (χ2v) is 7.15. The third-order valence-electron chi connectivity index (χ3n) is 4.23. The first kappa shape index (κ1) is 15.9. The molecule has 1 saturated heterocycles. The molecule has 0 spiro atoms. The Balaban J connectivity index is 1.44. The van der Waals surface area contributed by atoms with Crippen molar-refractivity contribution in [3.8, 4) is 10.6 Å². The standard InChI is InChI=1S/C17H19N7S/c1-12-16(25-13(2)20-12)14-4-5-15(22-21-14)23-8-10-24(11-9-23)17-18-6-3-7-19-17/h3-7H,8-11H2,1-2H3. The van der Waals surface area contributed by atoms with Gasteiger partial charge in [-0.15, -0.1) is 21.5 Å². The molecule has 128 valence electrons. The van der Waals surface area contributed by atoms with E-state index in [-0.39, 0.29) is 0 Å². The van der Waals surface area contributed by atoms with E-state index >= 15 is 0 Å². The quantitative estimate of drug-likeness (QED) is 0.715. The van der Waals surface area contributed by atoms with Crippen molar-refractivity contribution in [1.82, 2.24) is 25.1 Å². The molecule has 0 aromatic carbocycles. The number of rotatable bonds is 3. The summed E-state index contributed by atoms with van der Waals surface area (Å²) in [5.41, 5.74) is 1.91. The van der Waals surface area contributed by atoms with Crippen LogP contribution in [0.25, 0.3) is 10.6 Å². The van der Waals surface area contributed by atoms with Crippen molar-refractivity contribution in [3.05, 3.63) is 41.3 Å². The first-order valence-electron chi connectivity index (χ1n) is 8.26. The number of thiazole rings is 1. The molecule has 7 nitrogen and oxygen atoms in total. The van der Waals surface area contributed by atoms with E-state index in [1.165, 1.54) is 0 Å². The van der Waals surface area contributed by atoms with Crippen LogP contribution in [0.5, 0.6) is 0 Å². The van der Waals surface area contributed by atoms with Crippen LogP contribution in [0.1, 0.15) is 10.7 Å². The van der Waals surface area contributed by atoms with Gasteiger partial charge in [-0.25, -0.2) is 15.0 Å². The average Bonchev–Trinajstić information content (AvgIpc) is 3.01. The molecular weight excluding hydrogens is 334 g/mol. The smallest absolute Gasteiger partial charge is 0.225 e. The minimum atomic E-state index is 0.791. The summed E-state index contributed by atoms with van der Waals surface area (Å²) in [7, 11) is 0. The van der Waals surface area contributed by atoms with Crippen LogP contribution in [0, 0.1) is 13.8 Å². The zero-order valence-electron chi connectivity index (χ0n) is 14.3. The van der Waals surface area contributed by atoms with E-state index in [9.17, 15) is 0 Å². The summed E-state index contributed by atoms with van der Waals surface area (Å²) < 4.78 is 0. The molecule has 1 aliphatic heterocycles. The second-order valence-electron chi connectivity index (χ2n) is 5.95. The van der Waals surface area contributed by atoms with Crippen molar-refractivity contribution < 1.29 is 0 Å². The number of aromatic nitrogens is 5. The Labute approximate surface area is 150 Å². The topological polar surface area (TPSA) is 70.9 Å². The Kier molecular flexibility index (Phi) is 4.27. The summed E-state index contributed by atoms with van der Waals surface area (Å²) in [4.78, 5) is 18.6. The van der Waals surface area contributed by atoms with Gasteiger partial charge in [0.25, 0.3) is 0 Å². The fourth-order valence-electron chi connectivity index (χ4n) is 2.97. The highest BCUT2D eigenvalue weighted by atomic mass is 32.1. The lowest BCUT2D eigenvalue weighted by molar-refractivity contribution is 0.631. The number of hydrogen-bond acceptors (Lipinski definition) is 8. The Morgan fingerprint density at radius 3 is 2.24 bits per heavy atom. The summed E-state index contributed by atoms with van der Waals surface area (Å²) >= 11 is 1.66. The summed E-state index contributed by atoms with van der Waals surface area (Å²) in [6.45, 7) is 7.54. The lowest BCUT2D eigenvalue weighted by Crippen LogP contribution is -2.47. The molecule has 8 heteroatoms. The van der Waals surface area contributed by atoms with E-state index in [4.69, 9.17) is 0 Å². The maximum atomic E-state index is 4.46. The molecule has 3 aromatic rings. The first-order valence-corrected chi connectivity index (χ1v) is 9.07. The number of nitrogens with zero attached hydrogens (tertiary/aromatic N) is 7. The summed E-state index contributed by atoms with van der Waals surface area (Å²) in [6.07, 6.45) is 3.56. The fraction of sp³-hybridized carbons (Fsp3) is 0.353. The van der Waals surface area contributed by atoms with Crippen molar-refractivity contribution in [2.45, 2.75) is 13.8 Å². The molecule has 0 radical (unpaired) electrons. The molecule has 0 N–H and O–H groups in total. The predicted octanol–water partition coefficient (Wildman–Crippen LogP) is 2.33. The van der Waals surface area contributed by atoms with Crippen LogP contribution in [0.15, 0.2) is 30.6 Å².